The lowest BCUT2D eigenvalue weighted by molar-refractivity contribution is 0.414. The van der Waals surface area contributed by atoms with Gasteiger partial charge in [0.1, 0.15) is 23.9 Å². The van der Waals surface area contributed by atoms with Crippen molar-refractivity contribution in [2.45, 2.75) is 20.5 Å². The first kappa shape index (κ1) is 21.3. The van der Waals surface area contributed by atoms with Crippen LogP contribution >= 0.6 is 23.2 Å². The second kappa shape index (κ2) is 8.65. The van der Waals surface area contributed by atoms with E-state index in [9.17, 15) is 0 Å². The van der Waals surface area contributed by atoms with Crippen LogP contribution in [0.3, 0.4) is 0 Å². The maximum atomic E-state index is 6.89. The molecule has 0 atom stereocenters. The predicted octanol–water partition coefficient (Wildman–Crippen LogP) is 5.86. The Labute approximate surface area is 190 Å². The third-order valence-electron chi connectivity index (χ3n) is 5.18. The number of aryl methyl sites for hydroxylation is 1. The van der Waals surface area contributed by atoms with Crippen molar-refractivity contribution in [1.29, 1.82) is 0 Å². The Morgan fingerprint density at radius 3 is 1.77 bits per heavy atom. The zero-order valence-corrected chi connectivity index (χ0v) is 19.2. The van der Waals surface area contributed by atoms with Crippen molar-refractivity contribution in [3.8, 4) is 34.0 Å². The second-order valence-corrected chi connectivity index (χ2v) is 7.85. The smallest absolute Gasteiger partial charge is 0.134 e. The first-order valence-electron chi connectivity index (χ1n) is 9.67. The molecular formula is C23H22Cl2N4O2. The molecule has 0 unspecified atom stereocenters. The molecule has 0 fully saturated rings. The van der Waals surface area contributed by atoms with Crippen LogP contribution in [-0.4, -0.2) is 33.8 Å². The van der Waals surface area contributed by atoms with Crippen LogP contribution in [0.5, 0.6) is 11.5 Å². The highest BCUT2D eigenvalue weighted by Gasteiger charge is 2.21. The van der Waals surface area contributed by atoms with Gasteiger partial charge in [-0.1, -0.05) is 23.2 Å². The average molecular weight is 457 g/mol. The number of nitrogens with zero attached hydrogens (tertiary/aromatic N) is 4. The zero-order valence-electron chi connectivity index (χ0n) is 17.7. The Morgan fingerprint density at radius 2 is 1.29 bits per heavy atom. The van der Waals surface area contributed by atoms with Gasteiger partial charge in [-0.25, -0.2) is 9.36 Å². The molecule has 0 spiro atoms. The van der Waals surface area contributed by atoms with Crippen molar-refractivity contribution in [3.63, 3.8) is 0 Å². The number of benzene rings is 2. The monoisotopic (exact) mass is 456 g/mol. The number of rotatable bonds is 6. The molecule has 0 N–H and O–H groups in total. The molecule has 0 aliphatic carbocycles. The van der Waals surface area contributed by atoms with Crippen molar-refractivity contribution < 1.29 is 9.47 Å². The summed E-state index contributed by atoms with van der Waals surface area (Å²) < 4.78 is 14.2. The molecule has 0 aliphatic heterocycles. The summed E-state index contributed by atoms with van der Waals surface area (Å²) in [6.07, 6.45) is 0. The fourth-order valence-corrected chi connectivity index (χ4v) is 3.93. The summed E-state index contributed by atoms with van der Waals surface area (Å²) >= 11 is 13.2. The molecule has 31 heavy (non-hydrogen) atoms. The van der Waals surface area contributed by atoms with Gasteiger partial charge in [-0.15, -0.1) is 0 Å². The van der Waals surface area contributed by atoms with Gasteiger partial charge < -0.3 is 9.47 Å². The highest BCUT2D eigenvalue weighted by molar-refractivity contribution is 6.35. The maximum Gasteiger partial charge on any atom is 0.134 e. The third-order valence-corrected chi connectivity index (χ3v) is 6.09. The van der Waals surface area contributed by atoms with Crippen LogP contribution in [0.15, 0.2) is 48.5 Å². The van der Waals surface area contributed by atoms with E-state index in [1.54, 1.807) is 14.2 Å². The van der Waals surface area contributed by atoms with E-state index in [0.717, 1.165) is 39.7 Å². The summed E-state index contributed by atoms with van der Waals surface area (Å²) in [5.41, 5.74) is 4.94. The third kappa shape index (κ3) is 4.01. The maximum absolute atomic E-state index is 6.89. The summed E-state index contributed by atoms with van der Waals surface area (Å²) in [4.78, 5) is 0. The number of halogens is 2. The van der Waals surface area contributed by atoms with Gasteiger partial charge in [0.25, 0.3) is 0 Å². The summed E-state index contributed by atoms with van der Waals surface area (Å²) in [6.45, 7) is 4.19. The standard InChI is InChI=1S/C23H22Cl2N4O2/c1-14-20(24)15(2)28(26-14)13-29-23(17-7-11-19(31-4)12-8-17)21(25)22(27-29)16-5-9-18(30-3)10-6-16/h5-12H,13H2,1-4H3. The van der Waals surface area contributed by atoms with Gasteiger partial charge in [0.15, 0.2) is 0 Å². The minimum absolute atomic E-state index is 0.372. The van der Waals surface area contributed by atoms with Crippen LogP contribution in [-0.2, 0) is 6.67 Å². The van der Waals surface area contributed by atoms with Gasteiger partial charge in [0.05, 0.1) is 41.3 Å². The number of hydrogen-bond acceptors (Lipinski definition) is 4. The fraction of sp³-hybridized carbons (Fsp3) is 0.217. The molecule has 4 aromatic rings. The lowest BCUT2D eigenvalue weighted by Gasteiger charge is -2.10. The predicted molar refractivity (Wildman–Crippen MR) is 123 cm³/mol. The largest absolute Gasteiger partial charge is 0.497 e. The van der Waals surface area contributed by atoms with E-state index in [1.165, 1.54) is 0 Å². The van der Waals surface area contributed by atoms with E-state index in [0.29, 0.717) is 22.4 Å². The quantitative estimate of drug-likeness (QED) is 0.364. The lowest BCUT2D eigenvalue weighted by Crippen LogP contribution is -2.13. The van der Waals surface area contributed by atoms with Crippen LogP contribution in [0.25, 0.3) is 22.5 Å². The molecule has 2 aromatic heterocycles. The number of ether oxygens (including phenoxy) is 2. The zero-order chi connectivity index (χ0) is 22.1. The molecule has 2 aromatic carbocycles. The van der Waals surface area contributed by atoms with E-state index in [1.807, 2.05) is 71.7 Å². The van der Waals surface area contributed by atoms with Crippen molar-refractivity contribution in [2.75, 3.05) is 14.2 Å². The molecule has 0 amide bonds. The highest BCUT2D eigenvalue weighted by Crippen LogP contribution is 2.37. The fourth-order valence-electron chi connectivity index (χ4n) is 3.44. The van der Waals surface area contributed by atoms with Gasteiger partial charge in [-0.05, 0) is 62.4 Å². The number of methoxy groups -OCH3 is 2. The van der Waals surface area contributed by atoms with Crippen LogP contribution < -0.4 is 9.47 Å². The Bertz CT molecular complexity index is 1210. The Balaban J connectivity index is 1.85. The van der Waals surface area contributed by atoms with Crippen LogP contribution in [0, 0.1) is 13.8 Å². The van der Waals surface area contributed by atoms with Gasteiger partial charge >= 0.3 is 0 Å². The molecule has 0 saturated carbocycles. The van der Waals surface area contributed by atoms with E-state index in [-0.39, 0.29) is 0 Å². The summed E-state index contributed by atoms with van der Waals surface area (Å²) in [6, 6.07) is 15.4. The minimum atomic E-state index is 0.372. The number of aromatic nitrogens is 4. The van der Waals surface area contributed by atoms with Crippen LogP contribution in [0.4, 0.5) is 0 Å². The normalized spacial score (nSPS) is 11.0. The highest BCUT2D eigenvalue weighted by atomic mass is 35.5. The van der Waals surface area contributed by atoms with Gasteiger partial charge in [0, 0.05) is 11.1 Å². The Hall–Kier alpha value is -2.96. The van der Waals surface area contributed by atoms with Crippen molar-refractivity contribution in [2.24, 2.45) is 0 Å². The molecular weight excluding hydrogens is 435 g/mol. The van der Waals surface area contributed by atoms with Crippen LogP contribution in [0.1, 0.15) is 11.4 Å². The minimum Gasteiger partial charge on any atom is -0.497 e. The van der Waals surface area contributed by atoms with Gasteiger partial charge in [-0.2, -0.15) is 10.2 Å². The van der Waals surface area contributed by atoms with E-state index in [2.05, 4.69) is 5.10 Å². The van der Waals surface area contributed by atoms with Gasteiger partial charge in [0.2, 0.25) is 0 Å². The average Bonchev–Trinajstić information content (AvgIpc) is 3.24. The van der Waals surface area contributed by atoms with Gasteiger partial charge in [-0.3, -0.25) is 0 Å². The van der Waals surface area contributed by atoms with E-state index < -0.39 is 0 Å². The first-order valence-corrected chi connectivity index (χ1v) is 10.4. The topological polar surface area (TPSA) is 54.1 Å². The number of hydrogen-bond donors (Lipinski definition) is 0. The molecule has 160 valence electrons. The van der Waals surface area contributed by atoms with E-state index in [4.69, 9.17) is 37.8 Å². The van der Waals surface area contributed by atoms with Crippen molar-refractivity contribution in [1.82, 2.24) is 19.6 Å². The molecule has 4 rings (SSSR count). The Kier molecular flexibility index (Phi) is 5.94. The second-order valence-electron chi connectivity index (χ2n) is 7.09. The molecule has 6 nitrogen and oxygen atoms in total. The van der Waals surface area contributed by atoms with Crippen LogP contribution in [0.2, 0.25) is 10.0 Å². The molecule has 8 heteroatoms. The summed E-state index contributed by atoms with van der Waals surface area (Å²) in [7, 11) is 3.28. The Morgan fingerprint density at radius 1 is 0.742 bits per heavy atom. The molecule has 0 saturated heterocycles. The van der Waals surface area contributed by atoms with Crippen molar-refractivity contribution in [3.05, 3.63) is 70.0 Å². The summed E-state index contributed by atoms with van der Waals surface area (Å²) in [5, 5.41) is 10.6. The summed E-state index contributed by atoms with van der Waals surface area (Å²) in [5.74, 6) is 1.54. The van der Waals surface area contributed by atoms with Crippen molar-refractivity contribution >= 4 is 23.2 Å². The molecule has 0 bridgehead atoms. The molecule has 2 heterocycles. The molecule has 0 radical (unpaired) electrons. The first-order chi connectivity index (χ1) is 14.9. The van der Waals surface area contributed by atoms with E-state index >= 15 is 0 Å². The lowest BCUT2D eigenvalue weighted by atomic mass is 10.1. The SMILES string of the molecule is COc1ccc(-c2nn(Cn3nc(C)c(Cl)c3C)c(-c3ccc(OC)cc3)c2Cl)cc1. The molecule has 0 aliphatic rings.